The van der Waals surface area contributed by atoms with E-state index < -0.39 is 0 Å². The van der Waals surface area contributed by atoms with Crippen molar-refractivity contribution in [1.29, 1.82) is 0 Å². The second-order valence-electron chi connectivity index (χ2n) is 8.39. The van der Waals surface area contributed by atoms with E-state index in [0.717, 1.165) is 36.5 Å². The first kappa shape index (κ1) is 20.3. The lowest BCUT2D eigenvalue weighted by Gasteiger charge is -2.16. The summed E-state index contributed by atoms with van der Waals surface area (Å²) in [6.07, 6.45) is 2.15. The average Bonchev–Trinajstić information content (AvgIpc) is 3.22. The lowest BCUT2D eigenvalue weighted by atomic mass is 9.97. The van der Waals surface area contributed by atoms with Crippen molar-refractivity contribution in [1.82, 2.24) is 9.55 Å². The van der Waals surface area contributed by atoms with Crippen molar-refractivity contribution < 1.29 is 4.74 Å². The average molecular weight is 421 g/mol. The Morgan fingerprint density at radius 1 is 0.844 bits per heavy atom. The molecule has 1 unspecified atom stereocenters. The van der Waals surface area contributed by atoms with Gasteiger partial charge in [0.05, 0.1) is 18.1 Å². The quantitative estimate of drug-likeness (QED) is 0.284. The van der Waals surface area contributed by atoms with Crippen molar-refractivity contribution in [3.05, 3.63) is 108 Å². The molecule has 0 saturated carbocycles. The Balaban J connectivity index is 1.47. The minimum Gasteiger partial charge on any atom is -0.497 e. The molecule has 3 nitrogen and oxygen atoms in total. The van der Waals surface area contributed by atoms with Crippen molar-refractivity contribution in [3.8, 4) is 5.75 Å². The number of ether oxygens (including phenoxy) is 1. The van der Waals surface area contributed by atoms with Crippen molar-refractivity contribution >= 4 is 21.8 Å². The summed E-state index contributed by atoms with van der Waals surface area (Å²) < 4.78 is 7.79. The summed E-state index contributed by atoms with van der Waals surface area (Å²) in [6.45, 7) is 3.22. The molecular weight excluding hydrogens is 392 g/mol. The number of fused-ring (bicyclic) bond motifs is 2. The highest BCUT2D eigenvalue weighted by atomic mass is 16.5. The van der Waals surface area contributed by atoms with Crippen LogP contribution in [0.15, 0.2) is 91.0 Å². The number of aryl methyl sites for hydroxylation is 2. The van der Waals surface area contributed by atoms with Crippen LogP contribution in [0, 0.1) is 0 Å². The number of benzene rings is 4. The number of methoxy groups -OCH3 is 1. The Hall–Kier alpha value is -3.59. The highest BCUT2D eigenvalue weighted by Gasteiger charge is 2.18. The molecule has 4 aromatic carbocycles. The molecule has 0 spiro atoms. The number of hydrogen-bond donors (Lipinski definition) is 0. The first-order chi connectivity index (χ1) is 15.7. The fourth-order valence-corrected chi connectivity index (χ4v) is 4.53. The molecule has 0 amide bonds. The van der Waals surface area contributed by atoms with E-state index in [0.29, 0.717) is 0 Å². The fourth-order valence-electron chi connectivity index (χ4n) is 4.53. The summed E-state index contributed by atoms with van der Waals surface area (Å²) >= 11 is 0. The Bertz CT molecular complexity index is 1350. The Morgan fingerprint density at radius 2 is 1.59 bits per heavy atom. The third-order valence-corrected chi connectivity index (χ3v) is 6.33. The summed E-state index contributed by atoms with van der Waals surface area (Å²) in [5.74, 6) is 2.22. The molecule has 0 aliphatic rings. The van der Waals surface area contributed by atoms with Gasteiger partial charge in [-0.15, -0.1) is 0 Å². The SMILES string of the molecule is COc1ccc2cc(C(C)c3nc4ccccc4n3CCCc3ccccc3)ccc2c1. The van der Waals surface area contributed by atoms with E-state index in [1.807, 2.05) is 6.07 Å². The van der Waals surface area contributed by atoms with E-state index in [9.17, 15) is 0 Å². The van der Waals surface area contributed by atoms with Crippen LogP contribution in [0.1, 0.15) is 36.2 Å². The van der Waals surface area contributed by atoms with Crippen LogP contribution in [-0.4, -0.2) is 16.7 Å². The Kier molecular flexibility index (Phi) is 5.64. The van der Waals surface area contributed by atoms with Gasteiger partial charge in [0.15, 0.2) is 0 Å². The van der Waals surface area contributed by atoms with Gasteiger partial charge in [-0.05, 0) is 59.0 Å². The third-order valence-electron chi connectivity index (χ3n) is 6.33. The summed E-state index contributed by atoms with van der Waals surface area (Å²) in [5, 5.41) is 2.42. The van der Waals surface area contributed by atoms with Gasteiger partial charge in [-0.1, -0.05) is 73.7 Å². The van der Waals surface area contributed by atoms with E-state index in [4.69, 9.17) is 9.72 Å². The van der Waals surface area contributed by atoms with Crippen molar-refractivity contribution in [3.63, 3.8) is 0 Å². The van der Waals surface area contributed by atoms with Gasteiger partial charge in [0.25, 0.3) is 0 Å². The second-order valence-corrected chi connectivity index (χ2v) is 8.39. The van der Waals surface area contributed by atoms with Gasteiger partial charge in [0.1, 0.15) is 11.6 Å². The van der Waals surface area contributed by atoms with Crippen LogP contribution >= 0.6 is 0 Å². The molecule has 1 heterocycles. The molecule has 0 radical (unpaired) electrons. The maximum Gasteiger partial charge on any atom is 0.119 e. The second kappa shape index (κ2) is 8.88. The van der Waals surface area contributed by atoms with Crippen LogP contribution in [0.5, 0.6) is 5.75 Å². The molecule has 0 aliphatic heterocycles. The van der Waals surface area contributed by atoms with Crippen LogP contribution in [0.2, 0.25) is 0 Å². The van der Waals surface area contributed by atoms with Gasteiger partial charge in [0.2, 0.25) is 0 Å². The number of imidazole rings is 1. The van der Waals surface area contributed by atoms with Crippen LogP contribution in [0.25, 0.3) is 21.8 Å². The number of rotatable bonds is 7. The molecule has 0 saturated heterocycles. The fraction of sp³-hybridized carbons (Fsp3) is 0.207. The minimum absolute atomic E-state index is 0.200. The molecule has 0 fully saturated rings. The molecule has 3 heteroatoms. The molecule has 0 N–H and O–H groups in total. The van der Waals surface area contributed by atoms with Crippen LogP contribution in [-0.2, 0) is 13.0 Å². The van der Waals surface area contributed by atoms with E-state index >= 15 is 0 Å². The highest BCUT2D eigenvalue weighted by molar-refractivity contribution is 5.85. The van der Waals surface area contributed by atoms with E-state index in [1.165, 1.54) is 27.4 Å². The van der Waals surface area contributed by atoms with Crippen molar-refractivity contribution in [2.75, 3.05) is 7.11 Å². The zero-order valence-corrected chi connectivity index (χ0v) is 18.7. The summed E-state index contributed by atoms with van der Waals surface area (Å²) in [5.41, 5.74) is 4.95. The largest absolute Gasteiger partial charge is 0.497 e. The van der Waals surface area contributed by atoms with Crippen molar-refractivity contribution in [2.45, 2.75) is 32.2 Å². The molecule has 5 rings (SSSR count). The number of aromatic nitrogens is 2. The van der Waals surface area contributed by atoms with E-state index in [1.54, 1.807) is 7.11 Å². The molecule has 32 heavy (non-hydrogen) atoms. The maximum absolute atomic E-state index is 5.37. The first-order valence-corrected chi connectivity index (χ1v) is 11.3. The monoisotopic (exact) mass is 420 g/mol. The smallest absolute Gasteiger partial charge is 0.119 e. The van der Waals surface area contributed by atoms with Gasteiger partial charge in [0, 0.05) is 12.5 Å². The molecule has 1 aromatic heterocycles. The van der Waals surface area contributed by atoms with Gasteiger partial charge in [-0.3, -0.25) is 0 Å². The molecule has 0 bridgehead atoms. The molecule has 5 aromatic rings. The van der Waals surface area contributed by atoms with Gasteiger partial charge < -0.3 is 9.30 Å². The first-order valence-electron chi connectivity index (χ1n) is 11.3. The third kappa shape index (κ3) is 3.99. The molecule has 0 aliphatic carbocycles. The van der Waals surface area contributed by atoms with Crippen molar-refractivity contribution in [2.24, 2.45) is 0 Å². The summed E-state index contributed by atoms with van der Waals surface area (Å²) in [4.78, 5) is 5.07. The normalized spacial score (nSPS) is 12.3. The van der Waals surface area contributed by atoms with Crippen LogP contribution < -0.4 is 4.74 Å². The van der Waals surface area contributed by atoms with Crippen LogP contribution in [0.3, 0.4) is 0 Å². The number of hydrogen-bond acceptors (Lipinski definition) is 2. The number of para-hydroxylation sites is 2. The maximum atomic E-state index is 5.37. The minimum atomic E-state index is 0.200. The summed E-state index contributed by atoms with van der Waals surface area (Å²) in [6, 6.07) is 32.1. The van der Waals surface area contributed by atoms with Gasteiger partial charge in [-0.2, -0.15) is 0 Å². The lowest BCUT2D eigenvalue weighted by molar-refractivity contribution is 0.415. The molecule has 160 valence electrons. The topological polar surface area (TPSA) is 27.1 Å². The zero-order valence-electron chi connectivity index (χ0n) is 18.7. The number of nitrogens with zero attached hydrogens (tertiary/aromatic N) is 2. The summed E-state index contributed by atoms with van der Waals surface area (Å²) in [7, 11) is 1.71. The zero-order chi connectivity index (χ0) is 21.9. The Morgan fingerprint density at radius 3 is 2.44 bits per heavy atom. The standard InChI is InChI=1S/C29H28N2O/c1-21(23-14-15-25-20-26(32-2)17-16-24(25)19-23)29-30-27-12-6-7-13-28(27)31(29)18-8-11-22-9-4-3-5-10-22/h3-7,9-10,12-17,19-21H,8,11,18H2,1-2H3. The molecule has 1 atom stereocenters. The predicted molar refractivity (Wildman–Crippen MR) is 133 cm³/mol. The van der Waals surface area contributed by atoms with Gasteiger partial charge in [-0.25, -0.2) is 4.98 Å². The molecular formula is C29H28N2O. The highest BCUT2D eigenvalue weighted by Crippen LogP contribution is 2.31. The van der Waals surface area contributed by atoms with E-state index in [-0.39, 0.29) is 5.92 Å². The predicted octanol–water partition coefficient (Wildman–Crippen LogP) is 6.98. The Labute approximate surface area is 189 Å². The van der Waals surface area contributed by atoms with Gasteiger partial charge >= 0.3 is 0 Å². The van der Waals surface area contributed by atoms with Crippen LogP contribution in [0.4, 0.5) is 0 Å². The van der Waals surface area contributed by atoms with E-state index in [2.05, 4.69) is 96.4 Å². The lowest BCUT2D eigenvalue weighted by Crippen LogP contribution is -2.09.